The summed E-state index contributed by atoms with van der Waals surface area (Å²) in [6.07, 6.45) is 1.80. The van der Waals surface area contributed by atoms with Gasteiger partial charge < -0.3 is 9.72 Å². The van der Waals surface area contributed by atoms with Gasteiger partial charge in [-0.05, 0) is 67.1 Å². The number of fused-ring (bicyclic) bond motifs is 3. The topological polar surface area (TPSA) is 79.5 Å². The maximum atomic E-state index is 13.6. The fraction of sp³-hybridized carbons (Fsp3) is 0.400. The van der Waals surface area contributed by atoms with Crippen LogP contribution in [0.4, 0.5) is 5.69 Å². The van der Waals surface area contributed by atoms with Crippen LogP contribution in [0.15, 0.2) is 41.3 Å². The van der Waals surface area contributed by atoms with E-state index in [9.17, 15) is 13.2 Å². The van der Waals surface area contributed by atoms with Crippen LogP contribution in [-0.2, 0) is 22.9 Å². The third-order valence-electron chi connectivity index (χ3n) is 6.16. The Kier molecular flexibility index (Phi) is 5.57. The molecule has 0 aliphatic heterocycles. The molecule has 1 aromatic heterocycles. The van der Waals surface area contributed by atoms with Gasteiger partial charge in [0.25, 0.3) is 10.0 Å². The molecule has 32 heavy (non-hydrogen) atoms. The molecule has 3 aromatic rings. The van der Waals surface area contributed by atoms with E-state index in [-0.39, 0.29) is 16.1 Å². The van der Waals surface area contributed by atoms with Gasteiger partial charge >= 0.3 is 0 Å². The van der Waals surface area contributed by atoms with Crippen LogP contribution in [0, 0.1) is 5.41 Å². The van der Waals surface area contributed by atoms with Crippen molar-refractivity contribution >= 4 is 32.4 Å². The number of anilines is 1. The molecule has 0 spiro atoms. The molecule has 0 radical (unpaired) electrons. The van der Waals surface area contributed by atoms with Crippen molar-refractivity contribution in [3.63, 3.8) is 0 Å². The predicted molar refractivity (Wildman–Crippen MR) is 127 cm³/mol. The minimum atomic E-state index is -3.80. The van der Waals surface area contributed by atoms with E-state index in [1.807, 2.05) is 19.9 Å². The number of carbonyl (C=O) groups excluding carboxylic acids is 1. The Hall–Kier alpha value is -2.80. The van der Waals surface area contributed by atoms with Crippen LogP contribution < -0.4 is 9.04 Å². The predicted octanol–water partition coefficient (Wildman–Crippen LogP) is 5.11. The zero-order valence-corrected chi connectivity index (χ0v) is 20.1. The van der Waals surface area contributed by atoms with Crippen LogP contribution in [-0.4, -0.2) is 32.8 Å². The first kappa shape index (κ1) is 22.4. The smallest absolute Gasteiger partial charge is 0.264 e. The van der Waals surface area contributed by atoms with Gasteiger partial charge in [-0.2, -0.15) is 0 Å². The average Bonchev–Trinajstić information content (AvgIpc) is 3.09. The lowest BCUT2D eigenvalue weighted by atomic mass is 9.76. The summed E-state index contributed by atoms with van der Waals surface area (Å²) in [5.41, 5.74) is 3.46. The first-order valence-corrected chi connectivity index (χ1v) is 12.4. The van der Waals surface area contributed by atoms with Crippen LogP contribution in [0.1, 0.15) is 55.7 Å². The number of rotatable bonds is 6. The van der Waals surface area contributed by atoms with E-state index >= 15 is 0 Å². The van der Waals surface area contributed by atoms with Gasteiger partial charge in [0.15, 0.2) is 5.78 Å². The molecule has 4 rings (SSSR count). The quantitative estimate of drug-likeness (QED) is 0.561. The lowest BCUT2D eigenvalue weighted by Gasteiger charge is -2.28. The minimum absolute atomic E-state index is 0.110. The van der Waals surface area contributed by atoms with E-state index in [4.69, 9.17) is 4.74 Å². The fourth-order valence-electron chi connectivity index (χ4n) is 4.56. The van der Waals surface area contributed by atoms with Gasteiger partial charge in [-0.25, -0.2) is 8.42 Å². The Morgan fingerprint density at radius 3 is 2.41 bits per heavy atom. The molecule has 1 aliphatic carbocycles. The zero-order valence-electron chi connectivity index (χ0n) is 19.3. The highest BCUT2D eigenvalue weighted by Crippen LogP contribution is 2.39. The second-order valence-corrected chi connectivity index (χ2v) is 11.1. The summed E-state index contributed by atoms with van der Waals surface area (Å²) in [5.74, 6) is 0.814. The van der Waals surface area contributed by atoms with Crippen molar-refractivity contribution in [1.29, 1.82) is 0 Å². The summed E-state index contributed by atoms with van der Waals surface area (Å²) in [5, 5.41) is 0.819. The summed E-state index contributed by atoms with van der Waals surface area (Å²) in [4.78, 5) is 16.5. The van der Waals surface area contributed by atoms with E-state index in [1.54, 1.807) is 37.4 Å². The van der Waals surface area contributed by atoms with Gasteiger partial charge in [-0.3, -0.25) is 9.10 Å². The Labute approximate surface area is 189 Å². The molecule has 0 unspecified atom stereocenters. The number of aryl methyl sites for hydroxylation is 1. The molecule has 1 heterocycles. The number of nitrogens with one attached hydrogen (secondary N) is 1. The highest BCUT2D eigenvalue weighted by molar-refractivity contribution is 7.92. The van der Waals surface area contributed by atoms with E-state index < -0.39 is 10.0 Å². The highest BCUT2D eigenvalue weighted by Gasteiger charge is 2.34. The van der Waals surface area contributed by atoms with Crippen molar-refractivity contribution in [2.75, 3.05) is 18.0 Å². The fourth-order valence-corrected chi connectivity index (χ4v) is 6.06. The van der Waals surface area contributed by atoms with E-state index in [0.717, 1.165) is 23.1 Å². The van der Waals surface area contributed by atoms with Crippen molar-refractivity contribution < 1.29 is 17.9 Å². The lowest BCUT2D eigenvalue weighted by Crippen LogP contribution is -2.27. The van der Waals surface area contributed by atoms with E-state index in [1.165, 1.54) is 4.31 Å². The Bertz CT molecular complexity index is 1290. The van der Waals surface area contributed by atoms with Crippen molar-refractivity contribution in [3.05, 3.63) is 53.2 Å². The van der Waals surface area contributed by atoms with Gasteiger partial charge in [0.05, 0.1) is 17.2 Å². The molecule has 0 bridgehead atoms. The molecule has 0 amide bonds. The molecule has 1 aliphatic rings. The molecule has 0 atom stereocenters. The zero-order chi connectivity index (χ0) is 23.3. The minimum Gasteiger partial charge on any atom is -0.494 e. The Balaban J connectivity index is 1.80. The largest absolute Gasteiger partial charge is 0.494 e. The standard InChI is InChI=1S/C25H30N2O4S/c1-6-16-12-19-20(26-21-14-25(3,4)15-22(28)24(19)21)13-23(16)32(29,30)27(5)17-8-10-18(11-9-17)31-7-2/h8-13,26H,6-7,14-15H2,1-5H3. The van der Waals surface area contributed by atoms with Gasteiger partial charge in [0.2, 0.25) is 0 Å². The number of carbonyl (C=O) groups is 1. The molecule has 170 valence electrons. The number of hydrogen-bond acceptors (Lipinski definition) is 4. The Morgan fingerprint density at radius 1 is 1.09 bits per heavy atom. The third-order valence-corrected chi connectivity index (χ3v) is 8.03. The summed E-state index contributed by atoms with van der Waals surface area (Å²) < 4.78 is 33.9. The van der Waals surface area contributed by atoms with Crippen LogP contribution in [0.2, 0.25) is 0 Å². The molecule has 0 fully saturated rings. The number of aromatic nitrogens is 1. The number of H-pyrrole nitrogens is 1. The number of sulfonamides is 1. The van der Waals surface area contributed by atoms with Crippen molar-refractivity contribution in [2.24, 2.45) is 5.41 Å². The first-order valence-electron chi connectivity index (χ1n) is 11.0. The van der Waals surface area contributed by atoms with Crippen molar-refractivity contribution in [3.8, 4) is 5.75 Å². The summed E-state index contributed by atoms with van der Waals surface area (Å²) in [6.45, 7) is 8.55. The molecule has 7 heteroatoms. The van der Waals surface area contributed by atoms with Crippen molar-refractivity contribution in [1.82, 2.24) is 4.98 Å². The molecule has 2 aromatic carbocycles. The molecule has 0 saturated heterocycles. The maximum absolute atomic E-state index is 13.6. The number of ketones is 1. The van der Waals surface area contributed by atoms with Crippen LogP contribution in [0.25, 0.3) is 10.9 Å². The highest BCUT2D eigenvalue weighted by atomic mass is 32.2. The molecule has 6 nitrogen and oxygen atoms in total. The Morgan fingerprint density at radius 2 is 1.78 bits per heavy atom. The second-order valence-electron chi connectivity index (χ2n) is 9.18. The number of ether oxygens (including phenoxy) is 1. The van der Waals surface area contributed by atoms with E-state index in [0.29, 0.717) is 42.0 Å². The van der Waals surface area contributed by atoms with Crippen LogP contribution in [0.5, 0.6) is 5.75 Å². The number of hydrogen-bond donors (Lipinski definition) is 1. The molecular weight excluding hydrogens is 424 g/mol. The average molecular weight is 455 g/mol. The number of nitrogens with zero attached hydrogens (tertiary/aromatic N) is 1. The van der Waals surface area contributed by atoms with Gasteiger partial charge in [-0.1, -0.05) is 20.8 Å². The summed E-state index contributed by atoms with van der Waals surface area (Å²) in [7, 11) is -2.25. The summed E-state index contributed by atoms with van der Waals surface area (Å²) >= 11 is 0. The molecule has 0 saturated carbocycles. The SMILES string of the molecule is CCOc1ccc(N(C)S(=O)(=O)c2cc3[nH]c4c(c3cc2CC)C(=O)CC(C)(C)C4)cc1. The van der Waals surface area contributed by atoms with Crippen molar-refractivity contribution in [2.45, 2.75) is 51.9 Å². The number of benzene rings is 2. The number of Topliss-reactive ketones (excluding diaryl/α,β-unsaturated/α-hetero) is 1. The lowest BCUT2D eigenvalue weighted by molar-refractivity contribution is 0.0913. The van der Waals surface area contributed by atoms with Gasteiger partial charge in [0, 0.05) is 35.6 Å². The summed E-state index contributed by atoms with van der Waals surface area (Å²) in [6, 6.07) is 10.6. The molecular formula is C25H30N2O4S. The van der Waals surface area contributed by atoms with Gasteiger partial charge in [0.1, 0.15) is 5.75 Å². The first-order chi connectivity index (χ1) is 15.1. The maximum Gasteiger partial charge on any atom is 0.264 e. The van der Waals surface area contributed by atoms with Gasteiger partial charge in [-0.15, -0.1) is 0 Å². The molecule has 1 N–H and O–H groups in total. The van der Waals surface area contributed by atoms with E-state index in [2.05, 4.69) is 18.8 Å². The normalized spacial score (nSPS) is 15.6. The second kappa shape index (κ2) is 7.96. The monoisotopic (exact) mass is 454 g/mol. The van der Waals surface area contributed by atoms with Crippen LogP contribution >= 0.6 is 0 Å². The number of aromatic amines is 1. The van der Waals surface area contributed by atoms with Crippen LogP contribution in [0.3, 0.4) is 0 Å². The third kappa shape index (κ3) is 3.79.